The van der Waals surface area contributed by atoms with Crippen LogP contribution in [0.3, 0.4) is 0 Å². The van der Waals surface area contributed by atoms with Crippen LogP contribution in [0, 0.1) is 0 Å². The number of carbonyl (C=O) groups excluding carboxylic acids is 2. The van der Waals surface area contributed by atoms with E-state index in [9.17, 15) is 22.8 Å². The first kappa shape index (κ1) is 22.1. The fourth-order valence-corrected chi connectivity index (χ4v) is 3.64. The maximum atomic E-state index is 12.9. The zero-order chi connectivity index (χ0) is 22.1. The van der Waals surface area contributed by atoms with E-state index < -0.39 is 29.5 Å². The van der Waals surface area contributed by atoms with Crippen LogP contribution in [0.25, 0.3) is 0 Å². The smallest absolute Gasteiger partial charge is 0.424 e. The molecule has 3 amide bonds. The molecule has 1 atom stereocenters. The van der Waals surface area contributed by atoms with Crippen LogP contribution in [0.15, 0.2) is 24.3 Å². The van der Waals surface area contributed by atoms with Gasteiger partial charge in [-0.3, -0.25) is 4.90 Å². The quantitative estimate of drug-likeness (QED) is 0.636. The minimum atomic E-state index is -4.69. The Balaban J connectivity index is 1.82. The fourth-order valence-electron chi connectivity index (χ4n) is 2.73. The van der Waals surface area contributed by atoms with Crippen molar-refractivity contribution in [2.75, 3.05) is 30.4 Å². The van der Waals surface area contributed by atoms with Crippen LogP contribution in [-0.2, 0) is 16.8 Å². The molecule has 2 aromatic rings. The Morgan fingerprint density at radius 2 is 2.13 bits per heavy atom. The average Bonchev–Trinajstić information content (AvgIpc) is 3.20. The molecule has 0 saturated carbocycles. The fraction of sp³-hybridized carbons (Fsp3) is 0.412. The second-order valence-corrected chi connectivity index (χ2v) is 7.67. The van der Waals surface area contributed by atoms with Gasteiger partial charge in [0.2, 0.25) is 10.1 Å². The molecule has 1 fully saturated rings. The van der Waals surface area contributed by atoms with Crippen LogP contribution >= 0.6 is 22.9 Å². The Bertz CT molecular complexity index is 941. The Hall–Kier alpha value is -2.60. The normalized spacial score (nSPS) is 17.3. The predicted molar refractivity (Wildman–Crippen MR) is 105 cm³/mol. The molecule has 1 aromatic heterocycles. The number of amides is 3. The third kappa shape index (κ3) is 4.59. The number of aromatic nitrogens is 2. The van der Waals surface area contributed by atoms with Crippen molar-refractivity contribution in [3.05, 3.63) is 34.8 Å². The van der Waals surface area contributed by atoms with Gasteiger partial charge >= 0.3 is 18.3 Å². The van der Waals surface area contributed by atoms with Gasteiger partial charge in [0, 0.05) is 38.6 Å². The van der Waals surface area contributed by atoms with E-state index in [-0.39, 0.29) is 35.3 Å². The highest BCUT2D eigenvalue weighted by molar-refractivity contribution is 7.15. The van der Waals surface area contributed by atoms with Crippen LogP contribution < -0.4 is 9.80 Å². The topological polar surface area (TPSA) is 78.9 Å². The Morgan fingerprint density at radius 3 is 2.77 bits per heavy atom. The van der Waals surface area contributed by atoms with Crippen molar-refractivity contribution >= 4 is 45.9 Å². The van der Waals surface area contributed by atoms with E-state index in [0.717, 1.165) is 10.5 Å². The highest BCUT2D eigenvalue weighted by Crippen LogP contribution is 2.36. The monoisotopic (exact) mass is 463 g/mol. The minimum Gasteiger partial charge on any atom is -0.424 e. The van der Waals surface area contributed by atoms with Crippen molar-refractivity contribution in [2.45, 2.75) is 24.7 Å². The molecule has 1 saturated heterocycles. The van der Waals surface area contributed by atoms with E-state index in [1.165, 1.54) is 23.9 Å². The largest absolute Gasteiger partial charge is 0.445 e. The number of rotatable bonds is 4. The second-order valence-electron chi connectivity index (χ2n) is 6.45. The summed E-state index contributed by atoms with van der Waals surface area (Å²) in [6, 6.07) is 6.25. The molecule has 30 heavy (non-hydrogen) atoms. The number of halogens is 4. The summed E-state index contributed by atoms with van der Waals surface area (Å²) in [7, 11) is 2.96. The van der Waals surface area contributed by atoms with Crippen molar-refractivity contribution in [3.8, 4) is 0 Å². The molecule has 3 rings (SSSR count). The molecule has 2 heterocycles. The number of urea groups is 1. The first-order valence-electron chi connectivity index (χ1n) is 8.66. The highest BCUT2D eigenvalue weighted by atomic mass is 35.5. The summed E-state index contributed by atoms with van der Waals surface area (Å²) in [6.45, 7) is 0.254. The molecule has 0 bridgehead atoms. The highest BCUT2D eigenvalue weighted by Gasteiger charge is 2.41. The molecule has 0 spiro atoms. The SMILES string of the molecule is CN1CCC(OC(=O)N(C)c2cccc(CCl)c2)N(c2nnc(C(F)(F)F)s2)C1=O. The van der Waals surface area contributed by atoms with Gasteiger partial charge in [0.1, 0.15) is 0 Å². The summed E-state index contributed by atoms with van der Waals surface area (Å²) in [5.74, 6) is 0.257. The summed E-state index contributed by atoms with van der Waals surface area (Å²) in [5.41, 5.74) is 1.30. The molecule has 1 unspecified atom stereocenters. The number of alkyl halides is 4. The first-order valence-corrected chi connectivity index (χ1v) is 10.0. The predicted octanol–water partition coefficient (Wildman–Crippen LogP) is 4.16. The molecule has 0 radical (unpaired) electrons. The van der Waals surface area contributed by atoms with Gasteiger partial charge < -0.3 is 9.64 Å². The van der Waals surface area contributed by atoms with E-state index >= 15 is 0 Å². The summed E-state index contributed by atoms with van der Waals surface area (Å²) in [4.78, 5) is 28.7. The van der Waals surface area contributed by atoms with E-state index in [0.29, 0.717) is 5.69 Å². The number of carbonyl (C=O) groups is 2. The Labute approximate surface area is 178 Å². The molecule has 1 aromatic carbocycles. The van der Waals surface area contributed by atoms with Gasteiger partial charge in [-0.2, -0.15) is 13.2 Å². The maximum absolute atomic E-state index is 12.9. The van der Waals surface area contributed by atoms with Gasteiger partial charge in [-0.25, -0.2) is 14.5 Å². The van der Waals surface area contributed by atoms with E-state index in [2.05, 4.69) is 10.2 Å². The van der Waals surface area contributed by atoms with Crippen LogP contribution in [0.2, 0.25) is 0 Å². The zero-order valence-electron chi connectivity index (χ0n) is 15.9. The Kier molecular flexibility index (Phi) is 6.36. The number of hydrogen-bond acceptors (Lipinski definition) is 6. The summed E-state index contributed by atoms with van der Waals surface area (Å²) in [6.07, 6.45) is -6.42. The number of ether oxygens (including phenoxy) is 1. The van der Waals surface area contributed by atoms with Gasteiger partial charge in [-0.05, 0) is 17.7 Å². The van der Waals surface area contributed by atoms with E-state index in [1.807, 2.05) is 0 Å². The molecule has 8 nitrogen and oxygen atoms in total. The molecule has 0 N–H and O–H groups in total. The summed E-state index contributed by atoms with van der Waals surface area (Å²) >= 11 is 6.02. The Morgan fingerprint density at radius 1 is 1.40 bits per heavy atom. The minimum absolute atomic E-state index is 0.185. The molecule has 1 aliphatic heterocycles. The van der Waals surface area contributed by atoms with Crippen molar-refractivity contribution in [3.63, 3.8) is 0 Å². The van der Waals surface area contributed by atoms with Crippen LogP contribution in [0.4, 0.5) is 33.6 Å². The lowest BCUT2D eigenvalue weighted by Gasteiger charge is -2.37. The van der Waals surface area contributed by atoms with Gasteiger partial charge in [-0.15, -0.1) is 21.8 Å². The van der Waals surface area contributed by atoms with Gasteiger partial charge in [-0.1, -0.05) is 23.5 Å². The summed E-state index contributed by atoms with van der Waals surface area (Å²) < 4.78 is 44.1. The number of nitrogens with zero attached hydrogens (tertiary/aromatic N) is 5. The maximum Gasteiger partial charge on any atom is 0.445 e. The van der Waals surface area contributed by atoms with E-state index in [1.54, 1.807) is 24.3 Å². The standard InChI is InChI=1S/C17H17ClF3N5O3S/c1-24-7-6-12(26(15(24)27)14-23-22-13(30-14)17(19,20)21)29-16(28)25(2)11-5-3-4-10(8-11)9-18/h3-5,8,12H,6-7,9H2,1-2H3. The van der Waals surface area contributed by atoms with Crippen molar-refractivity contribution in [2.24, 2.45) is 0 Å². The lowest BCUT2D eigenvalue weighted by Crippen LogP contribution is -2.55. The number of anilines is 2. The van der Waals surface area contributed by atoms with Crippen molar-refractivity contribution in [1.82, 2.24) is 15.1 Å². The lowest BCUT2D eigenvalue weighted by atomic mass is 10.2. The third-order valence-corrected chi connectivity index (χ3v) is 5.63. The molecular formula is C17H17ClF3N5O3S. The van der Waals surface area contributed by atoms with Crippen LogP contribution in [0.5, 0.6) is 0 Å². The molecule has 162 valence electrons. The van der Waals surface area contributed by atoms with Gasteiger partial charge in [0.05, 0.1) is 0 Å². The van der Waals surface area contributed by atoms with Gasteiger partial charge in [0.15, 0.2) is 6.23 Å². The van der Waals surface area contributed by atoms with Crippen molar-refractivity contribution in [1.29, 1.82) is 0 Å². The molecule has 13 heteroatoms. The lowest BCUT2D eigenvalue weighted by molar-refractivity contribution is -0.138. The molecule has 0 aliphatic carbocycles. The van der Waals surface area contributed by atoms with Crippen LogP contribution in [0.1, 0.15) is 17.0 Å². The third-order valence-electron chi connectivity index (χ3n) is 4.36. The second kappa shape index (κ2) is 8.64. The molecular weight excluding hydrogens is 447 g/mol. The molecule has 1 aliphatic rings. The van der Waals surface area contributed by atoms with Crippen LogP contribution in [-0.4, -0.2) is 54.1 Å². The number of hydrogen-bond donors (Lipinski definition) is 0. The first-order chi connectivity index (χ1) is 14.1. The zero-order valence-corrected chi connectivity index (χ0v) is 17.5. The van der Waals surface area contributed by atoms with Gasteiger partial charge in [0.25, 0.3) is 0 Å². The van der Waals surface area contributed by atoms with Crippen molar-refractivity contribution < 1.29 is 27.5 Å². The average molecular weight is 464 g/mol. The number of benzene rings is 1. The van der Waals surface area contributed by atoms with E-state index in [4.69, 9.17) is 16.3 Å². The summed E-state index contributed by atoms with van der Waals surface area (Å²) in [5, 5.41) is 5.09.